The van der Waals surface area contributed by atoms with Crippen LogP contribution in [-0.4, -0.2) is 21.9 Å². The highest BCUT2D eigenvalue weighted by Crippen LogP contribution is 2.20. The molecule has 0 aromatic carbocycles. The van der Waals surface area contributed by atoms with Crippen LogP contribution in [0.3, 0.4) is 0 Å². The van der Waals surface area contributed by atoms with Gasteiger partial charge in [0.2, 0.25) is 5.91 Å². The second-order valence-corrected chi connectivity index (χ2v) is 4.93. The zero-order chi connectivity index (χ0) is 12.4. The maximum absolute atomic E-state index is 10.5. The van der Waals surface area contributed by atoms with Crippen molar-refractivity contribution < 1.29 is 9.63 Å². The second-order valence-electron chi connectivity index (χ2n) is 3.71. The van der Waals surface area contributed by atoms with Crippen molar-refractivity contribution in [2.45, 2.75) is 20.4 Å². The quantitative estimate of drug-likeness (QED) is 0.602. The van der Waals surface area contributed by atoms with Gasteiger partial charge in [-0.05, 0) is 13.8 Å². The number of fused-ring (bicyclic) bond motifs is 1. The maximum Gasteiger partial charge on any atom is 0.245 e. The highest BCUT2D eigenvalue weighted by molar-refractivity contribution is 7.17. The van der Waals surface area contributed by atoms with Crippen molar-refractivity contribution in [3.8, 4) is 0 Å². The first-order valence-electron chi connectivity index (χ1n) is 5.15. The van der Waals surface area contributed by atoms with Crippen molar-refractivity contribution in [3.05, 3.63) is 22.5 Å². The summed E-state index contributed by atoms with van der Waals surface area (Å²) in [5, 5.41) is 0. The minimum Gasteiger partial charge on any atom is -0.368 e. The number of thiazole rings is 1. The number of carbonyl (C=O) groups excluding carboxylic acids is 1. The Labute approximate surface area is 102 Å². The van der Waals surface area contributed by atoms with Gasteiger partial charge in [-0.3, -0.25) is 14.0 Å². The zero-order valence-electron chi connectivity index (χ0n) is 9.69. The standard InChI is InChI=1S/C10H14N4O2S/c1-6-4-14-8(3-12-16-5-9(11)15)7(2)13-10(14)17-6/h4,12H,3,5H2,1-2H3,(H2,11,15). The smallest absolute Gasteiger partial charge is 0.245 e. The largest absolute Gasteiger partial charge is 0.368 e. The van der Waals surface area contributed by atoms with E-state index in [9.17, 15) is 4.79 Å². The van der Waals surface area contributed by atoms with Gasteiger partial charge in [-0.25, -0.2) is 4.98 Å². The van der Waals surface area contributed by atoms with Crippen molar-refractivity contribution in [1.29, 1.82) is 0 Å². The lowest BCUT2D eigenvalue weighted by Gasteiger charge is -2.04. The van der Waals surface area contributed by atoms with E-state index in [2.05, 4.69) is 10.5 Å². The third-order valence-corrected chi connectivity index (χ3v) is 3.20. The van der Waals surface area contributed by atoms with Gasteiger partial charge in [-0.2, -0.15) is 5.48 Å². The lowest BCUT2D eigenvalue weighted by Crippen LogP contribution is -2.25. The Hall–Kier alpha value is -1.44. The molecule has 0 unspecified atom stereocenters. The molecule has 92 valence electrons. The number of hydrogen-bond donors (Lipinski definition) is 2. The molecular weight excluding hydrogens is 240 g/mol. The minimum absolute atomic E-state index is 0.135. The van der Waals surface area contributed by atoms with E-state index in [0.29, 0.717) is 6.54 Å². The predicted molar refractivity (Wildman–Crippen MR) is 64.5 cm³/mol. The number of carbonyl (C=O) groups is 1. The van der Waals surface area contributed by atoms with E-state index in [1.165, 1.54) is 4.88 Å². The highest BCUT2D eigenvalue weighted by Gasteiger charge is 2.10. The zero-order valence-corrected chi connectivity index (χ0v) is 10.5. The van der Waals surface area contributed by atoms with E-state index in [-0.39, 0.29) is 6.61 Å². The fourth-order valence-corrected chi connectivity index (χ4v) is 2.45. The number of aryl methyl sites for hydroxylation is 2. The van der Waals surface area contributed by atoms with Crippen molar-refractivity contribution in [2.24, 2.45) is 5.73 Å². The molecule has 6 nitrogen and oxygen atoms in total. The van der Waals surface area contributed by atoms with Crippen molar-refractivity contribution in [1.82, 2.24) is 14.9 Å². The molecule has 0 spiro atoms. The van der Waals surface area contributed by atoms with E-state index < -0.39 is 5.91 Å². The summed E-state index contributed by atoms with van der Waals surface area (Å²) in [5.41, 5.74) is 9.63. The first kappa shape index (κ1) is 12.0. The van der Waals surface area contributed by atoms with E-state index in [4.69, 9.17) is 10.6 Å². The molecule has 2 aromatic heterocycles. The number of imidazole rings is 1. The molecule has 7 heteroatoms. The summed E-state index contributed by atoms with van der Waals surface area (Å²) in [6, 6.07) is 0. The highest BCUT2D eigenvalue weighted by atomic mass is 32.1. The summed E-state index contributed by atoms with van der Waals surface area (Å²) < 4.78 is 2.02. The van der Waals surface area contributed by atoms with Gasteiger partial charge in [0.15, 0.2) is 4.96 Å². The number of aromatic nitrogens is 2. The number of nitrogens with one attached hydrogen (secondary N) is 1. The summed E-state index contributed by atoms with van der Waals surface area (Å²) in [4.78, 5) is 22.0. The SMILES string of the molecule is Cc1cn2c(CNOCC(N)=O)c(C)nc2s1. The molecule has 2 rings (SSSR count). The Morgan fingerprint density at radius 2 is 2.41 bits per heavy atom. The van der Waals surface area contributed by atoms with Gasteiger partial charge in [0.05, 0.1) is 17.9 Å². The molecule has 1 amide bonds. The second kappa shape index (κ2) is 4.82. The number of nitrogens with zero attached hydrogens (tertiary/aromatic N) is 2. The summed E-state index contributed by atoms with van der Waals surface area (Å²) in [6.07, 6.45) is 2.03. The molecule has 2 aromatic rings. The Morgan fingerprint density at radius 3 is 3.12 bits per heavy atom. The van der Waals surface area contributed by atoms with Gasteiger partial charge < -0.3 is 5.73 Å². The maximum atomic E-state index is 10.5. The van der Waals surface area contributed by atoms with Crippen molar-refractivity contribution in [2.75, 3.05) is 6.61 Å². The van der Waals surface area contributed by atoms with Gasteiger partial charge in [-0.1, -0.05) is 0 Å². The molecule has 0 aliphatic rings. The number of primary amides is 1. The Balaban J connectivity index is 2.06. The molecule has 0 aliphatic heterocycles. The molecule has 17 heavy (non-hydrogen) atoms. The van der Waals surface area contributed by atoms with Crippen LogP contribution < -0.4 is 11.2 Å². The molecule has 2 heterocycles. The van der Waals surface area contributed by atoms with Crippen LogP contribution in [-0.2, 0) is 16.2 Å². The van der Waals surface area contributed by atoms with Crippen LogP contribution in [0, 0.1) is 13.8 Å². The molecule has 0 saturated heterocycles. The van der Waals surface area contributed by atoms with Gasteiger partial charge >= 0.3 is 0 Å². The molecule has 0 fully saturated rings. The normalized spacial score (nSPS) is 11.2. The lowest BCUT2D eigenvalue weighted by atomic mass is 10.3. The van der Waals surface area contributed by atoms with Gasteiger partial charge in [-0.15, -0.1) is 11.3 Å². The fraction of sp³-hybridized carbons (Fsp3) is 0.400. The summed E-state index contributed by atoms with van der Waals surface area (Å²) in [5.74, 6) is -0.501. The predicted octanol–water partition coefficient (Wildman–Crippen LogP) is 0.519. The average molecular weight is 254 g/mol. The van der Waals surface area contributed by atoms with Crippen LogP contribution in [0.15, 0.2) is 6.20 Å². The van der Waals surface area contributed by atoms with E-state index >= 15 is 0 Å². The van der Waals surface area contributed by atoms with Gasteiger partial charge in [0.1, 0.15) is 6.61 Å². The average Bonchev–Trinajstić information content (AvgIpc) is 2.69. The van der Waals surface area contributed by atoms with Crippen molar-refractivity contribution >= 4 is 22.2 Å². The Morgan fingerprint density at radius 1 is 1.65 bits per heavy atom. The van der Waals surface area contributed by atoms with Gasteiger partial charge in [0, 0.05) is 11.1 Å². The van der Waals surface area contributed by atoms with Crippen molar-refractivity contribution in [3.63, 3.8) is 0 Å². The summed E-state index contributed by atoms with van der Waals surface area (Å²) in [6.45, 7) is 4.33. The van der Waals surface area contributed by atoms with E-state index in [0.717, 1.165) is 16.3 Å². The Kier molecular flexibility index (Phi) is 3.41. The van der Waals surface area contributed by atoms with Crippen LogP contribution in [0.25, 0.3) is 4.96 Å². The number of hydrogen-bond acceptors (Lipinski definition) is 5. The lowest BCUT2D eigenvalue weighted by molar-refractivity contribution is -0.125. The Bertz CT molecular complexity index is 546. The van der Waals surface area contributed by atoms with E-state index in [1.807, 2.05) is 24.4 Å². The topological polar surface area (TPSA) is 81.6 Å². The third-order valence-electron chi connectivity index (χ3n) is 2.30. The fourth-order valence-electron chi connectivity index (χ4n) is 1.56. The van der Waals surface area contributed by atoms with Crippen LogP contribution in [0.2, 0.25) is 0 Å². The number of nitrogens with two attached hydrogens (primary N) is 1. The molecule has 3 N–H and O–H groups in total. The number of amides is 1. The number of rotatable bonds is 5. The molecular formula is C10H14N4O2S. The summed E-state index contributed by atoms with van der Waals surface area (Å²) >= 11 is 1.64. The first-order chi connectivity index (χ1) is 8.08. The third kappa shape index (κ3) is 2.63. The monoisotopic (exact) mass is 254 g/mol. The molecule has 0 aliphatic carbocycles. The van der Waals surface area contributed by atoms with Crippen LogP contribution in [0.5, 0.6) is 0 Å². The molecule has 0 atom stereocenters. The van der Waals surface area contributed by atoms with Crippen LogP contribution in [0.1, 0.15) is 16.3 Å². The van der Waals surface area contributed by atoms with E-state index in [1.54, 1.807) is 11.3 Å². The first-order valence-corrected chi connectivity index (χ1v) is 5.96. The molecule has 0 saturated carbocycles. The minimum atomic E-state index is -0.501. The molecule has 0 bridgehead atoms. The van der Waals surface area contributed by atoms with Gasteiger partial charge in [0.25, 0.3) is 0 Å². The number of hydroxylamine groups is 1. The molecule has 0 radical (unpaired) electrons. The van der Waals surface area contributed by atoms with Crippen LogP contribution >= 0.6 is 11.3 Å². The van der Waals surface area contributed by atoms with Crippen LogP contribution in [0.4, 0.5) is 0 Å². The summed E-state index contributed by atoms with van der Waals surface area (Å²) in [7, 11) is 0.